The molecule has 7 heteroatoms. The number of nitro groups is 1. The molecule has 1 atom stereocenters. The number of nitrogens with one attached hydrogen (secondary N) is 1. The summed E-state index contributed by atoms with van der Waals surface area (Å²) in [6.45, 7) is 1.41. The van der Waals surface area contributed by atoms with Gasteiger partial charge in [0.15, 0.2) is 6.10 Å². The molecule has 3 aromatic rings. The molecule has 136 valence electrons. The first-order valence-electron chi connectivity index (χ1n) is 8.20. The van der Waals surface area contributed by atoms with E-state index in [2.05, 4.69) is 5.32 Å². The Kier molecular flexibility index (Phi) is 5.12. The molecular weight excluding hydrogens is 348 g/mol. The fourth-order valence-electron chi connectivity index (χ4n) is 2.65. The summed E-state index contributed by atoms with van der Waals surface area (Å²) >= 11 is 0. The van der Waals surface area contributed by atoms with Crippen molar-refractivity contribution in [1.82, 2.24) is 0 Å². The van der Waals surface area contributed by atoms with Gasteiger partial charge in [-0.1, -0.05) is 48.5 Å². The maximum absolute atomic E-state index is 12.5. The number of hydrogen-bond acceptors (Lipinski definition) is 5. The fraction of sp³-hybridized carbons (Fsp3) is 0.100. The molecule has 1 unspecified atom stereocenters. The van der Waals surface area contributed by atoms with E-state index in [-0.39, 0.29) is 11.4 Å². The zero-order chi connectivity index (χ0) is 19.4. The van der Waals surface area contributed by atoms with E-state index >= 15 is 0 Å². The van der Waals surface area contributed by atoms with Gasteiger partial charge in [-0.05, 0) is 29.8 Å². The third-order valence-corrected chi connectivity index (χ3v) is 4.02. The van der Waals surface area contributed by atoms with Crippen molar-refractivity contribution in [1.29, 1.82) is 0 Å². The van der Waals surface area contributed by atoms with Crippen molar-refractivity contribution in [3.63, 3.8) is 0 Å². The van der Waals surface area contributed by atoms with Crippen molar-refractivity contribution in [3.05, 3.63) is 82.4 Å². The van der Waals surface area contributed by atoms with Crippen LogP contribution in [0.4, 0.5) is 11.4 Å². The van der Waals surface area contributed by atoms with Gasteiger partial charge in [0.2, 0.25) is 0 Å². The predicted octanol–water partition coefficient (Wildman–Crippen LogP) is 3.93. The number of nitrogens with zero attached hydrogens (tertiary/aromatic N) is 1. The number of anilines is 1. The standard InChI is InChI=1S/C20H16N2O5/c1-13(19(23)21-17-11-4-5-12-18(17)22(25)26)27-20(24)16-10-6-8-14-7-2-3-9-15(14)16/h2-13H,1H3,(H,21,23). The van der Waals surface area contributed by atoms with Crippen LogP contribution in [0.1, 0.15) is 17.3 Å². The molecule has 0 aromatic heterocycles. The fourth-order valence-corrected chi connectivity index (χ4v) is 2.65. The molecule has 7 nitrogen and oxygen atoms in total. The average Bonchev–Trinajstić information content (AvgIpc) is 2.67. The highest BCUT2D eigenvalue weighted by Gasteiger charge is 2.22. The molecule has 0 spiro atoms. The first-order valence-corrected chi connectivity index (χ1v) is 8.20. The van der Waals surface area contributed by atoms with E-state index in [0.717, 1.165) is 10.8 Å². The van der Waals surface area contributed by atoms with Crippen LogP contribution in [-0.4, -0.2) is 22.9 Å². The van der Waals surface area contributed by atoms with Crippen molar-refractivity contribution in [2.45, 2.75) is 13.0 Å². The lowest BCUT2D eigenvalue weighted by molar-refractivity contribution is -0.383. The second-order valence-corrected chi connectivity index (χ2v) is 5.84. The molecule has 0 saturated carbocycles. The van der Waals surface area contributed by atoms with Gasteiger partial charge in [0.25, 0.3) is 11.6 Å². The summed E-state index contributed by atoms with van der Waals surface area (Å²) in [6, 6.07) is 18.3. The lowest BCUT2D eigenvalue weighted by Crippen LogP contribution is -2.30. The van der Waals surface area contributed by atoms with Gasteiger partial charge in [0.05, 0.1) is 10.5 Å². The number of para-hydroxylation sites is 2. The van der Waals surface area contributed by atoms with Gasteiger partial charge < -0.3 is 10.1 Å². The number of rotatable bonds is 5. The number of nitro benzene ring substituents is 1. The van der Waals surface area contributed by atoms with Crippen LogP contribution in [0.25, 0.3) is 10.8 Å². The van der Waals surface area contributed by atoms with Crippen LogP contribution in [0.2, 0.25) is 0 Å². The summed E-state index contributed by atoms with van der Waals surface area (Å²) in [5, 5.41) is 15.1. The predicted molar refractivity (Wildman–Crippen MR) is 101 cm³/mol. The Morgan fingerprint density at radius 1 is 1.00 bits per heavy atom. The highest BCUT2D eigenvalue weighted by Crippen LogP contribution is 2.24. The molecule has 0 aliphatic rings. The summed E-state index contributed by atoms with van der Waals surface area (Å²) in [5.74, 6) is -1.30. The summed E-state index contributed by atoms with van der Waals surface area (Å²) in [7, 11) is 0. The Hall–Kier alpha value is -3.74. The first kappa shape index (κ1) is 18.1. The second-order valence-electron chi connectivity index (χ2n) is 5.84. The molecule has 3 aromatic carbocycles. The van der Waals surface area contributed by atoms with Crippen LogP contribution in [-0.2, 0) is 9.53 Å². The topological polar surface area (TPSA) is 98.5 Å². The van der Waals surface area contributed by atoms with E-state index in [4.69, 9.17) is 4.74 Å². The van der Waals surface area contributed by atoms with E-state index in [0.29, 0.717) is 5.56 Å². The molecule has 0 fully saturated rings. The minimum Gasteiger partial charge on any atom is -0.449 e. The van der Waals surface area contributed by atoms with Crippen molar-refractivity contribution < 1.29 is 19.2 Å². The maximum atomic E-state index is 12.5. The van der Waals surface area contributed by atoms with Crippen LogP contribution in [0, 0.1) is 10.1 Å². The number of benzene rings is 3. The first-order chi connectivity index (χ1) is 13.0. The zero-order valence-electron chi connectivity index (χ0n) is 14.4. The maximum Gasteiger partial charge on any atom is 0.339 e. The van der Waals surface area contributed by atoms with Gasteiger partial charge >= 0.3 is 5.97 Å². The minimum absolute atomic E-state index is 0.0422. The van der Waals surface area contributed by atoms with Crippen LogP contribution in [0.5, 0.6) is 0 Å². The Labute approximate surface area is 154 Å². The van der Waals surface area contributed by atoms with Crippen LogP contribution in [0.15, 0.2) is 66.7 Å². The normalized spacial score (nSPS) is 11.6. The summed E-state index contributed by atoms with van der Waals surface area (Å²) < 4.78 is 5.26. The highest BCUT2D eigenvalue weighted by atomic mass is 16.6. The lowest BCUT2D eigenvalue weighted by atomic mass is 10.0. The second kappa shape index (κ2) is 7.65. The van der Waals surface area contributed by atoms with Crippen molar-refractivity contribution in [3.8, 4) is 0 Å². The Morgan fingerprint density at radius 2 is 1.67 bits per heavy atom. The van der Waals surface area contributed by atoms with E-state index in [1.165, 1.54) is 25.1 Å². The van der Waals surface area contributed by atoms with E-state index in [9.17, 15) is 19.7 Å². The number of amides is 1. The van der Waals surface area contributed by atoms with Gasteiger partial charge in [-0.2, -0.15) is 0 Å². The van der Waals surface area contributed by atoms with Gasteiger partial charge in [-0.25, -0.2) is 4.79 Å². The number of hydrogen-bond donors (Lipinski definition) is 1. The summed E-state index contributed by atoms with van der Waals surface area (Å²) in [4.78, 5) is 35.2. The molecule has 0 radical (unpaired) electrons. The Bertz CT molecular complexity index is 1030. The van der Waals surface area contributed by atoms with Crippen LogP contribution >= 0.6 is 0 Å². The summed E-state index contributed by atoms with van der Waals surface area (Å²) in [6.07, 6.45) is -1.13. The molecular formula is C20H16N2O5. The molecule has 3 rings (SSSR count). The quantitative estimate of drug-likeness (QED) is 0.420. The number of ether oxygens (including phenoxy) is 1. The number of carbonyl (C=O) groups is 2. The van der Waals surface area contributed by atoms with Gasteiger partial charge in [0.1, 0.15) is 5.69 Å². The highest BCUT2D eigenvalue weighted by molar-refractivity contribution is 6.05. The smallest absolute Gasteiger partial charge is 0.339 e. The molecule has 0 aliphatic carbocycles. The van der Waals surface area contributed by atoms with Gasteiger partial charge in [-0.3, -0.25) is 14.9 Å². The van der Waals surface area contributed by atoms with Gasteiger partial charge in [0, 0.05) is 6.07 Å². The van der Waals surface area contributed by atoms with Gasteiger partial charge in [-0.15, -0.1) is 0 Å². The van der Waals surface area contributed by atoms with E-state index < -0.39 is 22.9 Å². The zero-order valence-corrected chi connectivity index (χ0v) is 14.4. The molecule has 0 aliphatic heterocycles. The molecule has 0 heterocycles. The van der Waals surface area contributed by atoms with Crippen molar-refractivity contribution >= 4 is 34.0 Å². The molecule has 0 bridgehead atoms. The Balaban J connectivity index is 1.75. The SMILES string of the molecule is CC(OC(=O)c1cccc2ccccc12)C(=O)Nc1ccccc1[N+](=O)[O-]. The number of fused-ring (bicyclic) bond motifs is 1. The Morgan fingerprint density at radius 3 is 2.44 bits per heavy atom. The van der Waals surface area contributed by atoms with Crippen LogP contribution in [0.3, 0.4) is 0 Å². The molecule has 1 amide bonds. The monoisotopic (exact) mass is 364 g/mol. The van der Waals surface area contributed by atoms with Crippen molar-refractivity contribution in [2.24, 2.45) is 0 Å². The third-order valence-electron chi connectivity index (χ3n) is 4.02. The number of carbonyl (C=O) groups excluding carboxylic acids is 2. The third kappa shape index (κ3) is 3.92. The van der Waals surface area contributed by atoms with E-state index in [1.807, 2.05) is 24.3 Å². The van der Waals surface area contributed by atoms with E-state index in [1.54, 1.807) is 24.3 Å². The molecule has 1 N–H and O–H groups in total. The average molecular weight is 364 g/mol. The lowest BCUT2D eigenvalue weighted by Gasteiger charge is -2.14. The largest absolute Gasteiger partial charge is 0.449 e. The van der Waals surface area contributed by atoms with Crippen molar-refractivity contribution in [2.75, 3.05) is 5.32 Å². The number of esters is 1. The molecule has 27 heavy (non-hydrogen) atoms. The minimum atomic E-state index is -1.13. The summed E-state index contributed by atoms with van der Waals surface area (Å²) in [5.41, 5.74) is 0.150. The molecule has 0 saturated heterocycles. The van der Waals surface area contributed by atoms with Crippen LogP contribution < -0.4 is 5.32 Å².